The Morgan fingerprint density at radius 3 is 2.50 bits per heavy atom. The fourth-order valence-electron chi connectivity index (χ4n) is 2.36. The summed E-state index contributed by atoms with van der Waals surface area (Å²) in [5.41, 5.74) is 0. The molecule has 2 N–H and O–H groups in total. The Bertz CT molecular complexity index is 315. The van der Waals surface area contributed by atoms with Gasteiger partial charge in [0, 0.05) is 19.0 Å². The average Bonchev–Trinajstić information content (AvgIpc) is 2.86. The predicted molar refractivity (Wildman–Crippen MR) is 55.6 cm³/mol. The number of hydrogen-bond donors (Lipinski definition) is 2. The summed E-state index contributed by atoms with van der Waals surface area (Å²) in [4.78, 5) is 24.2. The minimum atomic E-state index is -0.871. The Morgan fingerprint density at radius 1 is 1.38 bits per heavy atom. The number of carboxylic acids is 1. The highest BCUT2D eigenvalue weighted by Gasteiger charge is 2.50. The molecule has 1 heterocycles. The van der Waals surface area contributed by atoms with Crippen molar-refractivity contribution in [2.24, 2.45) is 17.8 Å². The van der Waals surface area contributed by atoms with Crippen molar-refractivity contribution in [3.05, 3.63) is 0 Å². The van der Waals surface area contributed by atoms with E-state index in [1.165, 1.54) is 0 Å². The minimum Gasteiger partial charge on any atom is -0.481 e. The predicted octanol–water partition coefficient (Wildman–Crippen LogP) is -0.0636. The molecule has 16 heavy (non-hydrogen) atoms. The van der Waals surface area contributed by atoms with Crippen LogP contribution in [0.3, 0.4) is 0 Å². The molecule has 1 aliphatic heterocycles. The third-order valence-electron chi connectivity index (χ3n) is 3.64. The van der Waals surface area contributed by atoms with Crippen molar-refractivity contribution in [2.75, 3.05) is 13.1 Å². The monoisotopic (exact) mass is 227 g/mol. The number of aliphatic hydroxyl groups excluding tert-OH is 1. The highest BCUT2D eigenvalue weighted by molar-refractivity contribution is 5.89. The van der Waals surface area contributed by atoms with E-state index in [0.29, 0.717) is 19.5 Å². The van der Waals surface area contributed by atoms with Crippen LogP contribution in [-0.4, -0.2) is 46.2 Å². The first-order valence-corrected chi connectivity index (χ1v) is 5.70. The molecular weight excluding hydrogens is 210 g/mol. The molecule has 1 saturated carbocycles. The van der Waals surface area contributed by atoms with Gasteiger partial charge in [0.2, 0.25) is 5.91 Å². The Hall–Kier alpha value is -1.10. The highest BCUT2D eigenvalue weighted by Crippen LogP contribution is 2.41. The number of amides is 1. The lowest BCUT2D eigenvalue weighted by Crippen LogP contribution is -2.32. The van der Waals surface area contributed by atoms with Gasteiger partial charge in [-0.05, 0) is 19.8 Å². The van der Waals surface area contributed by atoms with Crippen LogP contribution in [0.15, 0.2) is 0 Å². The van der Waals surface area contributed by atoms with Crippen LogP contribution in [0.5, 0.6) is 0 Å². The zero-order valence-corrected chi connectivity index (χ0v) is 9.30. The lowest BCUT2D eigenvalue weighted by molar-refractivity contribution is -0.141. The largest absolute Gasteiger partial charge is 0.481 e. The number of nitrogens with zero attached hydrogens (tertiary/aromatic N) is 1. The lowest BCUT2D eigenvalue weighted by Gasteiger charge is -2.17. The van der Waals surface area contributed by atoms with Crippen molar-refractivity contribution in [3.63, 3.8) is 0 Å². The van der Waals surface area contributed by atoms with Gasteiger partial charge in [0.25, 0.3) is 0 Å². The molecule has 1 amide bonds. The number of aliphatic hydroxyl groups is 1. The minimum absolute atomic E-state index is 0.0458. The van der Waals surface area contributed by atoms with Crippen molar-refractivity contribution in [2.45, 2.75) is 25.9 Å². The first kappa shape index (κ1) is 11.4. The van der Waals surface area contributed by atoms with Gasteiger partial charge >= 0.3 is 5.97 Å². The second-order valence-electron chi connectivity index (χ2n) is 4.86. The molecule has 5 heteroatoms. The average molecular weight is 227 g/mol. The fraction of sp³-hybridized carbons (Fsp3) is 0.818. The summed E-state index contributed by atoms with van der Waals surface area (Å²) >= 11 is 0. The second kappa shape index (κ2) is 4.05. The maximum absolute atomic E-state index is 11.9. The van der Waals surface area contributed by atoms with Crippen molar-refractivity contribution in [1.82, 2.24) is 4.90 Å². The van der Waals surface area contributed by atoms with E-state index in [2.05, 4.69) is 0 Å². The van der Waals surface area contributed by atoms with Crippen molar-refractivity contribution < 1.29 is 19.8 Å². The SMILES string of the molecule is CC(O)C1CCN(C(=O)[C@@H]2C[C@@H]2C(=O)O)C1. The Kier molecular flexibility index (Phi) is 2.88. The molecular formula is C11H17NO4. The Labute approximate surface area is 94.0 Å². The Balaban J connectivity index is 1.87. The molecule has 0 radical (unpaired) electrons. The summed E-state index contributed by atoms with van der Waals surface area (Å²) in [5.74, 6) is -1.56. The van der Waals surface area contributed by atoms with E-state index in [4.69, 9.17) is 5.11 Å². The molecule has 2 unspecified atom stereocenters. The zero-order valence-electron chi connectivity index (χ0n) is 9.30. The van der Waals surface area contributed by atoms with Crippen LogP contribution in [0.25, 0.3) is 0 Å². The first-order chi connectivity index (χ1) is 7.50. The molecule has 0 aromatic heterocycles. The Morgan fingerprint density at radius 2 is 2.06 bits per heavy atom. The molecule has 0 aromatic carbocycles. The molecule has 5 nitrogen and oxygen atoms in total. The number of aliphatic carboxylic acids is 1. The summed E-state index contributed by atoms with van der Waals surface area (Å²) in [7, 11) is 0. The molecule has 2 rings (SSSR count). The molecule has 1 aliphatic carbocycles. The van der Waals surface area contributed by atoms with E-state index in [0.717, 1.165) is 6.42 Å². The number of carbonyl (C=O) groups excluding carboxylic acids is 1. The number of hydrogen-bond acceptors (Lipinski definition) is 3. The van der Waals surface area contributed by atoms with Crippen molar-refractivity contribution in [1.29, 1.82) is 0 Å². The van der Waals surface area contributed by atoms with E-state index in [9.17, 15) is 14.7 Å². The van der Waals surface area contributed by atoms with E-state index >= 15 is 0 Å². The van der Waals surface area contributed by atoms with Crippen LogP contribution in [0, 0.1) is 17.8 Å². The summed E-state index contributed by atoms with van der Waals surface area (Å²) in [5, 5.41) is 18.2. The molecule has 2 fully saturated rings. The van der Waals surface area contributed by atoms with Gasteiger partial charge in [-0.25, -0.2) is 0 Å². The van der Waals surface area contributed by atoms with Crippen LogP contribution in [0.1, 0.15) is 19.8 Å². The van der Waals surface area contributed by atoms with Crippen LogP contribution in [0.4, 0.5) is 0 Å². The van der Waals surface area contributed by atoms with Gasteiger partial charge in [-0.1, -0.05) is 0 Å². The molecule has 0 aromatic rings. The summed E-state index contributed by atoms with van der Waals surface area (Å²) in [6.07, 6.45) is 0.894. The van der Waals surface area contributed by atoms with Crippen LogP contribution >= 0.6 is 0 Å². The molecule has 4 atom stereocenters. The van der Waals surface area contributed by atoms with E-state index in [1.807, 2.05) is 0 Å². The summed E-state index contributed by atoms with van der Waals surface area (Å²) < 4.78 is 0. The lowest BCUT2D eigenvalue weighted by atomic mass is 10.0. The third kappa shape index (κ3) is 2.04. The maximum Gasteiger partial charge on any atom is 0.307 e. The van der Waals surface area contributed by atoms with Gasteiger partial charge in [-0.3, -0.25) is 9.59 Å². The van der Waals surface area contributed by atoms with Gasteiger partial charge in [-0.15, -0.1) is 0 Å². The topological polar surface area (TPSA) is 77.8 Å². The normalized spacial score (nSPS) is 34.9. The van der Waals surface area contributed by atoms with Crippen LogP contribution in [-0.2, 0) is 9.59 Å². The molecule has 0 bridgehead atoms. The molecule has 90 valence electrons. The molecule has 0 spiro atoms. The third-order valence-corrected chi connectivity index (χ3v) is 3.64. The van der Waals surface area contributed by atoms with Crippen LogP contribution < -0.4 is 0 Å². The van der Waals surface area contributed by atoms with Gasteiger partial charge in [-0.2, -0.15) is 0 Å². The number of carboxylic acid groups (broad SMARTS) is 1. The van der Waals surface area contributed by atoms with Gasteiger partial charge in [0.1, 0.15) is 0 Å². The summed E-state index contributed by atoms with van der Waals surface area (Å²) in [6.45, 7) is 2.95. The summed E-state index contributed by atoms with van der Waals surface area (Å²) in [6, 6.07) is 0. The van der Waals surface area contributed by atoms with Crippen LogP contribution in [0.2, 0.25) is 0 Å². The van der Waals surface area contributed by atoms with Crippen molar-refractivity contribution >= 4 is 11.9 Å². The van der Waals surface area contributed by atoms with E-state index < -0.39 is 18.0 Å². The first-order valence-electron chi connectivity index (χ1n) is 5.70. The molecule has 2 aliphatic rings. The number of rotatable bonds is 3. The highest BCUT2D eigenvalue weighted by atomic mass is 16.4. The van der Waals surface area contributed by atoms with E-state index in [1.54, 1.807) is 11.8 Å². The maximum atomic E-state index is 11.9. The fourth-order valence-corrected chi connectivity index (χ4v) is 2.36. The second-order valence-corrected chi connectivity index (χ2v) is 4.86. The number of carbonyl (C=O) groups is 2. The zero-order chi connectivity index (χ0) is 11.9. The van der Waals surface area contributed by atoms with E-state index in [-0.39, 0.29) is 17.7 Å². The standard InChI is InChI=1S/C11H17NO4/c1-6(13)7-2-3-12(5-7)10(14)8-4-9(8)11(15)16/h6-9,13H,2-5H2,1H3,(H,15,16)/t6?,7?,8-,9+/m1/s1. The number of likely N-dealkylation sites (tertiary alicyclic amines) is 1. The van der Waals surface area contributed by atoms with Gasteiger partial charge < -0.3 is 15.1 Å². The smallest absolute Gasteiger partial charge is 0.307 e. The van der Waals surface area contributed by atoms with Crippen molar-refractivity contribution in [3.8, 4) is 0 Å². The van der Waals surface area contributed by atoms with Gasteiger partial charge in [0.15, 0.2) is 0 Å². The molecule has 1 saturated heterocycles. The van der Waals surface area contributed by atoms with Gasteiger partial charge in [0.05, 0.1) is 17.9 Å². The quantitative estimate of drug-likeness (QED) is 0.708.